The van der Waals surface area contributed by atoms with Crippen LogP contribution in [0.3, 0.4) is 0 Å². The highest BCUT2D eigenvalue weighted by Gasteiger charge is 2.19. The number of nitrogens with one attached hydrogen (secondary N) is 3. The maximum atomic E-state index is 4.35. The minimum Gasteiger partial charge on any atom is -0.345 e. The minimum absolute atomic E-state index is 0.630. The lowest BCUT2D eigenvalue weighted by molar-refractivity contribution is 0.693. The molecule has 0 aliphatic heterocycles. The number of aromatic amines is 2. The van der Waals surface area contributed by atoms with Gasteiger partial charge in [-0.15, -0.1) is 0 Å². The van der Waals surface area contributed by atoms with Crippen LogP contribution in [-0.4, -0.2) is 25.1 Å². The summed E-state index contributed by atoms with van der Waals surface area (Å²) >= 11 is 0. The summed E-state index contributed by atoms with van der Waals surface area (Å²) in [5, 5.41) is 10.8. The van der Waals surface area contributed by atoms with E-state index in [1.54, 1.807) is 12.4 Å². The van der Waals surface area contributed by atoms with E-state index in [0.29, 0.717) is 5.92 Å². The highest BCUT2D eigenvalue weighted by molar-refractivity contribution is 5.62. The van der Waals surface area contributed by atoms with E-state index in [1.807, 2.05) is 18.3 Å². The Morgan fingerprint density at radius 2 is 1.95 bits per heavy atom. The molecule has 1 aliphatic carbocycles. The van der Waals surface area contributed by atoms with Gasteiger partial charge < -0.3 is 10.3 Å². The molecule has 3 N–H and O–H groups in total. The maximum absolute atomic E-state index is 4.35. The molecule has 1 saturated carbocycles. The lowest BCUT2D eigenvalue weighted by Gasteiger charge is -2.04. The van der Waals surface area contributed by atoms with Crippen molar-refractivity contribution in [3.63, 3.8) is 0 Å². The van der Waals surface area contributed by atoms with Gasteiger partial charge in [0.25, 0.3) is 0 Å². The van der Waals surface area contributed by atoms with E-state index in [-0.39, 0.29) is 0 Å². The van der Waals surface area contributed by atoms with Crippen molar-refractivity contribution < 1.29 is 0 Å². The maximum Gasteiger partial charge on any atom is 0.153 e. The van der Waals surface area contributed by atoms with Crippen LogP contribution in [0.25, 0.3) is 11.4 Å². The van der Waals surface area contributed by atoms with E-state index in [4.69, 9.17) is 0 Å². The van der Waals surface area contributed by atoms with Gasteiger partial charge in [-0.3, -0.25) is 5.10 Å². The Balaban J connectivity index is 1.52. The van der Waals surface area contributed by atoms with Crippen LogP contribution in [0.5, 0.6) is 0 Å². The molecule has 0 aromatic carbocycles. The van der Waals surface area contributed by atoms with Crippen molar-refractivity contribution >= 4 is 11.6 Å². The Bertz CT molecular complexity index is 740. The van der Waals surface area contributed by atoms with Gasteiger partial charge in [-0.05, 0) is 25.0 Å². The first kappa shape index (κ1) is 13.1. The van der Waals surface area contributed by atoms with Crippen molar-refractivity contribution in [1.29, 1.82) is 0 Å². The average Bonchev–Trinajstić information content (AvgIpc) is 3.29. The Morgan fingerprint density at radius 1 is 1.05 bits per heavy atom. The standard InChI is InChI=1S/C16H18N6/c1-2-4-11(3-1)13-10-15(22-21-13)20-14-9-12(5-6-17-14)16-18-7-8-19-16/h5-11H,1-4H2,(H,18,19)(H2,17,20,21,22). The predicted octanol–water partition coefficient (Wildman–Crippen LogP) is 3.60. The van der Waals surface area contributed by atoms with Gasteiger partial charge in [-0.2, -0.15) is 5.10 Å². The third-order valence-corrected chi connectivity index (χ3v) is 4.18. The summed E-state index contributed by atoms with van der Waals surface area (Å²) in [5.41, 5.74) is 2.22. The number of hydrogen-bond donors (Lipinski definition) is 3. The molecule has 0 unspecified atom stereocenters. The Hall–Kier alpha value is -2.63. The van der Waals surface area contributed by atoms with Gasteiger partial charge in [-0.1, -0.05) is 12.8 Å². The molecule has 3 heterocycles. The predicted molar refractivity (Wildman–Crippen MR) is 84.9 cm³/mol. The van der Waals surface area contributed by atoms with E-state index in [0.717, 1.165) is 23.0 Å². The molecule has 0 atom stereocenters. The molecule has 6 heteroatoms. The van der Waals surface area contributed by atoms with E-state index in [9.17, 15) is 0 Å². The van der Waals surface area contributed by atoms with Crippen molar-refractivity contribution in [2.45, 2.75) is 31.6 Å². The molecule has 22 heavy (non-hydrogen) atoms. The zero-order chi connectivity index (χ0) is 14.8. The summed E-state index contributed by atoms with van der Waals surface area (Å²) in [6.07, 6.45) is 10.5. The topological polar surface area (TPSA) is 82.3 Å². The first-order valence-electron chi connectivity index (χ1n) is 7.66. The Morgan fingerprint density at radius 3 is 2.77 bits per heavy atom. The molecule has 112 valence electrons. The smallest absolute Gasteiger partial charge is 0.153 e. The van der Waals surface area contributed by atoms with E-state index < -0.39 is 0 Å². The normalized spacial score (nSPS) is 15.3. The van der Waals surface area contributed by atoms with Gasteiger partial charge in [0, 0.05) is 41.8 Å². The van der Waals surface area contributed by atoms with Crippen molar-refractivity contribution in [3.8, 4) is 11.4 Å². The van der Waals surface area contributed by atoms with Gasteiger partial charge in [0.05, 0.1) is 0 Å². The van der Waals surface area contributed by atoms with Gasteiger partial charge in [0.2, 0.25) is 0 Å². The summed E-state index contributed by atoms with van der Waals surface area (Å²) in [7, 11) is 0. The van der Waals surface area contributed by atoms with Crippen LogP contribution in [0.15, 0.2) is 36.8 Å². The fourth-order valence-corrected chi connectivity index (χ4v) is 3.05. The summed E-state index contributed by atoms with van der Waals surface area (Å²) in [4.78, 5) is 11.7. The molecule has 0 radical (unpaired) electrons. The molecule has 6 nitrogen and oxygen atoms in total. The number of nitrogens with zero attached hydrogens (tertiary/aromatic N) is 3. The number of aromatic nitrogens is 5. The number of rotatable bonds is 4. The zero-order valence-corrected chi connectivity index (χ0v) is 12.2. The van der Waals surface area contributed by atoms with Crippen LogP contribution >= 0.6 is 0 Å². The molecule has 0 spiro atoms. The number of hydrogen-bond acceptors (Lipinski definition) is 4. The molecule has 3 aromatic rings. The van der Waals surface area contributed by atoms with Crippen molar-refractivity contribution in [1.82, 2.24) is 25.1 Å². The monoisotopic (exact) mass is 294 g/mol. The highest BCUT2D eigenvalue weighted by atomic mass is 15.2. The van der Waals surface area contributed by atoms with E-state index >= 15 is 0 Å². The van der Waals surface area contributed by atoms with Crippen LogP contribution in [0.2, 0.25) is 0 Å². The van der Waals surface area contributed by atoms with Crippen molar-refractivity contribution in [2.24, 2.45) is 0 Å². The second kappa shape index (κ2) is 5.63. The second-order valence-corrected chi connectivity index (χ2v) is 5.68. The highest BCUT2D eigenvalue weighted by Crippen LogP contribution is 2.34. The number of imidazole rings is 1. The summed E-state index contributed by atoms with van der Waals surface area (Å²) < 4.78 is 0. The van der Waals surface area contributed by atoms with Crippen molar-refractivity contribution in [3.05, 3.63) is 42.5 Å². The second-order valence-electron chi connectivity index (χ2n) is 5.68. The average molecular weight is 294 g/mol. The third kappa shape index (κ3) is 2.59. The molecular weight excluding hydrogens is 276 g/mol. The fourth-order valence-electron chi connectivity index (χ4n) is 3.05. The van der Waals surface area contributed by atoms with Crippen LogP contribution in [0.4, 0.5) is 11.6 Å². The van der Waals surface area contributed by atoms with Crippen LogP contribution in [-0.2, 0) is 0 Å². The molecule has 1 fully saturated rings. The molecular formula is C16H18N6. The largest absolute Gasteiger partial charge is 0.345 e. The third-order valence-electron chi connectivity index (χ3n) is 4.18. The van der Waals surface area contributed by atoms with Gasteiger partial charge in [0.15, 0.2) is 5.82 Å². The lowest BCUT2D eigenvalue weighted by Crippen LogP contribution is -1.94. The lowest BCUT2D eigenvalue weighted by atomic mass is 10.0. The van der Waals surface area contributed by atoms with Crippen molar-refractivity contribution in [2.75, 3.05) is 5.32 Å². The van der Waals surface area contributed by atoms with Crippen LogP contribution < -0.4 is 5.32 Å². The van der Waals surface area contributed by atoms with E-state index in [2.05, 4.69) is 36.5 Å². The molecule has 0 bridgehead atoms. The van der Waals surface area contributed by atoms with Gasteiger partial charge in [0.1, 0.15) is 11.6 Å². The van der Waals surface area contributed by atoms with E-state index in [1.165, 1.54) is 31.4 Å². The Labute approximate surface area is 128 Å². The molecule has 4 rings (SSSR count). The van der Waals surface area contributed by atoms with Crippen LogP contribution in [0.1, 0.15) is 37.3 Å². The fraction of sp³-hybridized carbons (Fsp3) is 0.312. The first-order valence-corrected chi connectivity index (χ1v) is 7.66. The molecule has 0 saturated heterocycles. The molecule has 1 aliphatic rings. The number of anilines is 2. The molecule has 3 aromatic heterocycles. The zero-order valence-electron chi connectivity index (χ0n) is 12.2. The quantitative estimate of drug-likeness (QED) is 0.686. The first-order chi connectivity index (χ1) is 10.9. The van der Waals surface area contributed by atoms with Crippen LogP contribution in [0, 0.1) is 0 Å². The number of pyridine rings is 1. The summed E-state index contributed by atoms with van der Waals surface area (Å²) in [6.45, 7) is 0. The SMILES string of the molecule is c1cc(-c2ncc[nH]2)cc(Nc2cc(C3CCCC3)[nH]n2)n1. The molecule has 0 amide bonds. The summed E-state index contributed by atoms with van der Waals surface area (Å²) in [6, 6.07) is 5.98. The van der Waals surface area contributed by atoms with Gasteiger partial charge >= 0.3 is 0 Å². The number of H-pyrrole nitrogens is 2. The summed E-state index contributed by atoms with van der Waals surface area (Å²) in [5.74, 6) is 3.04. The Kier molecular flexibility index (Phi) is 3.34. The minimum atomic E-state index is 0.630. The van der Waals surface area contributed by atoms with Gasteiger partial charge in [-0.25, -0.2) is 9.97 Å².